The minimum Gasteiger partial charge on any atom is -0.489 e. The molecule has 1 atom stereocenters. The van der Waals surface area contributed by atoms with Gasteiger partial charge in [-0.05, 0) is 42.3 Å². The standard InChI is InChI=1S/C18H20FNO3/c1-13(18(21)22-2)20-11-14-6-8-17(9-7-14)23-12-15-4-3-5-16(19)10-15/h3-10,13,20H,11-12H2,1-2H3/t13-/m0/s1. The smallest absolute Gasteiger partial charge is 0.322 e. The molecule has 2 aromatic rings. The van der Waals surface area contributed by atoms with Gasteiger partial charge >= 0.3 is 5.97 Å². The third kappa shape index (κ3) is 5.38. The second-order valence-corrected chi connectivity index (χ2v) is 5.19. The molecule has 0 amide bonds. The van der Waals surface area contributed by atoms with Crippen LogP contribution in [0.25, 0.3) is 0 Å². The van der Waals surface area contributed by atoms with Crippen LogP contribution in [0.1, 0.15) is 18.1 Å². The van der Waals surface area contributed by atoms with Crippen molar-refractivity contribution in [2.45, 2.75) is 26.1 Å². The molecule has 0 fully saturated rings. The Kier molecular flexibility index (Phi) is 6.11. The highest BCUT2D eigenvalue weighted by Gasteiger charge is 2.11. The van der Waals surface area contributed by atoms with E-state index in [1.807, 2.05) is 30.3 Å². The lowest BCUT2D eigenvalue weighted by Gasteiger charge is -2.12. The summed E-state index contributed by atoms with van der Waals surface area (Å²) in [4.78, 5) is 11.3. The normalized spacial score (nSPS) is 11.8. The van der Waals surface area contributed by atoms with E-state index in [0.717, 1.165) is 11.1 Å². The molecule has 0 unspecified atom stereocenters. The molecule has 0 spiro atoms. The minimum absolute atomic E-state index is 0.271. The highest BCUT2D eigenvalue weighted by Crippen LogP contribution is 2.15. The highest BCUT2D eigenvalue weighted by molar-refractivity contribution is 5.75. The summed E-state index contributed by atoms with van der Waals surface area (Å²) in [6, 6.07) is 13.5. The second-order valence-electron chi connectivity index (χ2n) is 5.19. The first-order chi connectivity index (χ1) is 11.1. The first kappa shape index (κ1) is 17.0. The van der Waals surface area contributed by atoms with Crippen LogP contribution in [0.2, 0.25) is 0 Å². The summed E-state index contributed by atoms with van der Waals surface area (Å²) in [5, 5.41) is 3.08. The molecule has 0 radical (unpaired) electrons. The third-order valence-electron chi connectivity index (χ3n) is 3.38. The maximum atomic E-state index is 13.1. The van der Waals surface area contributed by atoms with Gasteiger partial charge in [0.15, 0.2) is 0 Å². The van der Waals surface area contributed by atoms with E-state index >= 15 is 0 Å². The zero-order valence-electron chi connectivity index (χ0n) is 13.2. The summed E-state index contributed by atoms with van der Waals surface area (Å²) in [5.41, 5.74) is 1.81. The predicted molar refractivity (Wildman–Crippen MR) is 85.5 cm³/mol. The summed E-state index contributed by atoms with van der Waals surface area (Å²) < 4.78 is 23.4. The molecule has 2 rings (SSSR count). The fourth-order valence-electron chi connectivity index (χ4n) is 2.03. The summed E-state index contributed by atoms with van der Waals surface area (Å²) in [6.07, 6.45) is 0. The van der Waals surface area contributed by atoms with Crippen molar-refractivity contribution in [2.75, 3.05) is 7.11 Å². The van der Waals surface area contributed by atoms with Gasteiger partial charge in [0.1, 0.15) is 24.2 Å². The molecule has 4 nitrogen and oxygen atoms in total. The van der Waals surface area contributed by atoms with Gasteiger partial charge in [-0.15, -0.1) is 0 Å². The molecule has 122 valence electrons. The number of carbonyl (C=O) groups is 1. The molecule has 0 saturated heterocycles. The zero-order chi connectivity index (χ0) is 16.7. The molecule has 1 N–H and O–H groups in total. The van der Waals surface area contributed by atoms with Crippen molar-refractivity contribution in [2.24, 2.45) is 0 Å². The van der Waals surface area contributed by atoms with E-state index in [0.29, 0.717) is 18.9 Å². The SMILES string of the molecule is COC(=O)[C@H](C)NCc1ccc(OCc2cccc(F)c2)cc1. The molecule has 5 heteroatoms. The van der Waals surface area contributed by atoms with Gasteiger partial charge in [-0.1, -0.05) is 24.3 Å². The molecule has 0 saturated carbocycles. The number of benzene rings is 2. The van der Waals surface area contributed by atoms with Crippen LogP contribution in [0.3, 0.4) is 0 Å². The van der Waals surface area contributed by atoms with Gasteiger partial charge in [0.2, 0.25) is 0 Å². The van der Waals surface area contributed by atoms with Crippen molar-refractivity contribution in [3.8, 4) is 5.75 Å². The summed E-state index contributed by atoms with van der Waals surface area (Å²) in [5.74, 6) is 0.145. The van der Waals surface area contributed by atoms with Crippen molar-refractivity contribution < 1.29 is 18.7 Å². The lowest BCUT2D eigenvalue weighted by molar-refractivity contribution is -0.142. The first-order valence-corrected chi connectivity index (χ1v) is 7.36. The lowest BCUT2D eigenvalue weighted by Crippen LogP contribution is -2.34. The number of methoxy groups -OCH3 is 1. The number of carbonyl (C=O) groups excluding carboxylic acids is 1. The second kappa shape index (κ2) is 8.29. The Morgan fingerprint density at radius 3 is 2.57 bits per heavy atom. The van der Waals surface area contributed by atoms with E-state index in [1.165, 1.54) is 19.2 Å². The quantitative estimate of drug-likeness (QED) is 0.797. The van der Waals surface area contributed by atoms with Crippen molar-refractivity contribution in [3.63, 3.8) is 0 Å². The average molecular weight is 317 g/mol. The van der Waals surface area contributed by atoms with Gasteiger partial charge in [-0.3, -0.25) is 4.79 Å². The largest absolute Gasteiger partial charge is 0.489 e. The molecule has 0 aliphatic heterocycles. The minimum atomic E-state index is -0.357. The fourth-order valence-corrected chi connectivity index (χ4v) is 2.03. The van der Waals surface area contributed by atoms with Crippen LogP contribution in [-0.4, -0.2) is 19.1 Å². The molecule has 0 heterocycles. The Morgan fingerprint density at radius 2 is 1.91 bits per heavy atom. The third-order valence-corrected chi connectivity index (χ3v) is 3.38. The van der Waals surface area contributed by atoms with Gasteiger partial charge in [-0.2, -0.15) is 0 Å². The van der Waals surface area contributed by atoms with Crippen LogP contribution in [0.5, 0.6) is 5.75 Å². The van der Waals surface area contributed by atoms with Crippen molar-refractivity contribution >= 4 is 5.97 Å². The molecular weight excluding hydrogens is 297 g/mol. The summed E-state index contributed by atoms with van der Waals surface area (Å²) in [6.45, 7) is 2.62. The van der Waals surface area contributed by atoms with E-state index in [9.17, 15) is 9.18 Å². The Morgan fingerprint density at radius 1 is 1.17 bits per heavy atom. The Hall–Kier alpha value is -2.40. The molecule has 0 bridgehead atoms. The molecule has 0 aromatic heterocycles. The number of hydrogen-bond acceptors (Lipinski definition) is 4. The number of esters is 1. The molecule has 0 aliphatic rings. The topological polar surface area (TPSA) is 47.6 Å². The maximum absolute atomic E-state index is 13.1. The Labute approximate surface area is 135 Å². The number of hydrogen-bond donors (Lipinski definition) is 1. The van der Waals surface area contributed by atoms with Crippen LogP contribution >= 0.6 is 0 Å². The van der Waals surface area contributed by atoms with Gasteiger partial charge in [0.05, 0.1) is 7.11 Å². The highest BCUT2D eigenvalue weighted by atomic mass is 19.1. The van der Waals surface area contributed by atoms with E-state index in [1.54, 1.807) is 13.0 Å². The number of halogens is 1. The van der Waals surface area contributed by atoms with E-state index in [-0.39, 0.29) is 17.8 Å². The maximum Gasteiger partial charge on any atom is 0.322 e. The number of nitrogens with one attached hydrogen (secondary N) is 1. The average Bonchev–Trinajstić information content (AvgIpc) is 2.58. The van der Waals surface area contributed by atoms with Crippen LogP contribution in [-0.2, 0) is 22.7 Å². The Balaban J connectivity index is 1.83. The monoisotopic (exact) mass is 317 g/mol. The van der Waals surface area contributed by atoms with Crippen LogP contribution in [0.4, 0.5) is 4.39 Å². The molecular formula is C18H20FNO3. The lowest BCUT2D eigenvalue weighted by atomic mass is 10.2. The first-order valence-electron chi connectivity index (χ1n) is 7.36. The van der Waals surface area contributed by atoms with Gasteiger partial charge in [0, 0.05) is 6.54 Å². The predicted octanol–water partition coefficient (Wildman–Crippen LogP) is 3.06. The number of rotatable bonds is 7. The van der Waals surface area contributed by atoms with E-state index < -0.39 is 0 Å². The van der Waals surface area contributed by atoms with Crippen molar-refractivity contribution in [1.82, 2.24) is 5.32 Å². The van der Waals surface area contributed by atoms with Crippen LogP contribution in [0.15, 0.2) is 48.5 Å². The van der Waals surface area contributed by atoms with Gasteiger partial charge in [-0.25, -0.2) is 4.39 Å². The zero-order valence-corrected chi connectivity index (χ0v) is 13.2. The molecule has 2 aromatic carbocycles. The fraction of sp³-hybridized carbons (Fsp3) is 0.278. The number of ether oxygens (including phenoxy) is 2. The van der Waals surface area contributed by atoms with Gasteiger partial charge < -0.3 is 14.8 Å². The van der Waals surface area contributed by atoms with Crippen LogP contribution < -0.4 is 10.1 Å². The summed E-state index contributed by atoms with van der Waals surface area (Å²) in [7, 11) is 1.37. The van der Waals surface area contributed by atoms with Crippen molar-refractivity contribution in [1.29, 1.82) is 0 Å². The van der Waals surface area contributed by atoms with Gasteiger partial charge in [0.25, 0.3) is 0 Å². The van der Waals surface area contributed by atoms with Crippen molar-refractivity contribution in [3.05, 3.63) is 65.5 Å². The van der Waals surface area contributed by atoms with E-state index in [4.69, 9.17) is 4.74 Å². The van der Waals surface area contributed by atoms with E-state index in [2.05, 4.69) is 10.1 Å². The Bertz CT molecular complexity index is 643. The summed E-state index contributed by atoms with van der Waals surface area (Å²) >= 11 is 0. The molecule has 23 heavy (non-hydrogen) atoms. The van der Waals surface area contributed by atoms with Crippen LogP contribution in [0, 0.1) is 5.82 Å². The molecule has 0 aliphatic carbocycles.